The molecule has 1 amide bonds. The zero-order valence-electron chi connectivity index (χ0n) is 14.1. The fourth-order valence-corrected chi connectivity index (χ4v) is 3.24. The Hall–Kier alpha value is -2.02. The van der Waals surface area contributed by atoms with E-state index in [2.05, 4.69) is 5.32 Å². The number of hydrogen-bond acceptors (Lipinski definition) is 3. The van der Waals surface area contributed by atoms with Crippen molar-refractivity contribution in [2.45, 2.75) is 44.7 Å². The highest BCUT2D eigenvalue weighted by molar-refractivity contribution is 5.94. The van der Waals surface area contributed by atoms with Crippen molar-refractivity contribution < 1.29 is 23.5 Å². The molecule has 0 aliphatic heterocycles. The minimum absolute atomic E-state index is 0.000362. The van der Waals surface area contributed by atoms with Crippen molar-refractivity contribution in [2.75, 3.05) is 13.1 Å². The molecule has 1 aromatic rings. The number of aliphatic carboxylic acids is 1. The molecule has 0 radical (unpaired) electrons. The van der Waals surface area contributed by atoms with Crippen molar-refractivity contribution in [3.63, 3.8) is 0 Å². The van der Waals surface area contributed by atoms with Crippen molar-refractivity contribution in [3.8, 4) is 0 Å². The number of carbonyl (C=O) groups is 2. The second-order valence-electron chi connectivity index (χ2n) is 7.14. The van der Waals surface area contributed by atoms with E-state index in [0.717, 1.165) is 31.5 Å². The predicted molar refractivity (Wildman–Crippen MR) is 87.3 cm³/mol. The van der Waals surface area contributed by atoms with Crippen molar-refractivity contribution in [1.29, 1.82) is 0 Å². The molecule has 2 aliphatic rings. The van der Waals surface area contributed by atoms with Gasteiger partial charge in [-0.05, 0) is 56.2 Å². The Morgan fingerprint density at radius 3 is 2.52 bits per heavy atom. The van der Waals surface area contributed by atoms with Gasteiger partial charge in [0.05, 0.1) is 12.1 Å². The number of carboxylic acids is 1. The molecule has 0 unspecified atom stereocenters. The molecular formula is C18H22F2N2O3. The minimum atomic E-state index is -0.856. The molecule has 3 rings (SSSR count). The van der Waals surface area contributed by atoms with Crippen LogP contribution < -0.4 is 5.32 Å². The first kappa shape index (κ1) is 17.8. The van der Waals surface area contributed by atoms with Gasteiger partial charge in [0.2, 0.25) is 0 Å². The molecule has 136 valence electrons. The lowest BCUT2D eigenvalue weighted by molar-refractivity contribution is -0.139. The van der Waals surface area contributed by atoms with Gasteiger partial charge in [-0.1, -0.05) is 0 Å². The van der Waals surface area contributed by atoms with Crippen LogP contribution in [0.15, 0.2) is 12.1 Å². The van der Waals surface area contributed by atoms with Crippen molar-refractivity contribution in [2.24, 2.45) is 5.92 Å². The highest BCUT2D eigenvalue weighted by atomic mass is 19.1. The molecule has 2 saturated carbocycles. The van der Waals surface area contributed by atoms with Gasteiger partial charge in [-0.15, -0.1) is 0 Å². The number of carboxylic acid groups (broad SMARTS) is 1. The van der Waals surface area contributed by atoms with Crippen LogP contribution in [-0.4, -0.2) is 47.1 Å². The standard InChI is InChI=1S/C18H22F2N2O3/c1-10-4-16(20)14(7-15(10)19)18(25)21-12-5-13(6-12)22(9-17(23)24)8-11-2-3-11/h4,7,11-13H,2-3,5-6,8-9H2,1H3,(H,21,25)(H,23,24). The Bertz CT molecular complexity index is 685. The average Bonchev–Trinajstić information content (AvgIpc) is 3.29. The number of nitrogens with zero attached hydrogens (tertiary/aromatic N) is 1. The van der Waals surface area contributed by atoms with E-state index in [0.29, 0.717) is 18.8 Å². The fourth-order valence-electron chi connectivity index (χ4n) is 3.24. The molecule has 0 atom stereocenters. The number of aryl methyl sites for hydroxylation is 1. The first-order valence-electron chi connectivity index (χ1n) is 8.56. The summed E-state index contributed by atoms with van der Waals surface area (Å²) in [7, 11) is 0. The third-order valence-electron chi connectivity index (χ3n) is 4.99. The fraction of sp³-hybridized carbons (Fsp3) is 0.556. The minimum Gasteiger partial charge on any atom is -0.480 e. The van der Waals surface area contributed by atoms with Crippen LogP contribution >= 0.6 is 0 Å². The number of rotatable bonds is 7. The first-order chi connectivity index (χ1) is 11.8. The van der Waals surface area contributed by atoms with Gasteiger partial charge in [-0.25, -0.2) is 8.78 Å². The van der Waals surface area contributed by atoms with E-state index in [4.69, 9.17) is 5.11 Å². The lowest BCUT2D eigenvalue weighted by atomic mass is 9.85. The third kappa shape index (κ3) is 4.34. The first-order valence-corrected chi connectivity index (χ1v) is 8.56. The summed E-state index contributed by atoms with van der Waals surface area (Å²) in [6.45, 7) is 2.21. The molecule has 5 nitrogen and oxygen atoms in total. The van der Waals surface area contributed by atoms with Gasteiger partial charge in [0.1, 0.15) is 11.6 Å². The second-order valence-corrected chi connectivity index (χ2v) is 7.14. The summed E-state index contributed by atoms with van der Waals surface area (Å²) < 4.78 is 27.4. The number of benzene rings is 1. The number of nitrogens with one attached hydrogen (secondary N) is 1. The average molecular weight is 352 g/mol. The lowest BCUT2D eigenvalue weighted by Crippen LogP contribution is -2.55. The van der Waals surface area contributed by atoms with E-state index in [1.165, 1.54) is 6.92 Å². The molecule has 0 aromatic heterocycles. The van der Waals surface area contributed by atoms with Crippen LogP contribution in [0.1, 0.15) is 41.6 Å². The van der Waals surface area contributed by atoms with Gasteiger partial charge in [-0.2, -0.15) is 0 Å². The van der Waals surface area contributed by atoms with Crippen LogP contribution in [0.2, 0.25) is 0 Å². The molecule has 1 aromatic carbocycles. The van der Waals surface area contributed by atoms with Crippen LogP contribution in [0.5, 0.6) is 0 Å². The Labute approximate surface area is 145 Å². The maximum absolute atomic E-state index is 13.9. The van der Waals surface area contributed by atoms with E-state index in [-0.39, 0.29) is 29.8 Å². The molecule has 2 aliphatic carbocycles. The maximum atomic E-state index is 13.9. The van der Waals surface area contributed by atoms with E-state index < -0.39 is 23.5 Å². The van der Waals surface area contributed by atoms with Crippen LogP contribution in [0.4, 0.5) is 8.78 Å². The maximum Gasteiger partial charge on any atom is 0.317 e. The summed E-state index contributed by atoms with van der Waals surface area (Å²) in [5, 5.41) is 11.7. The molecule has 2 N–H and O–H groups in total. The molecular weight excluding hydrogens is 330 g/mol. The molecule has 25 heavy (non-hydrogen) atoms. The zero-order valence-corrected chi connectivity index (χ0v) is 14.1. The molecule has 0 saturated heterocycles. The van der Waals surface area contributed by atoms with Gasteiger partial charge in [0.15, 0.2) is 0 Å². The van der Waals surface area contributed by atoms with Crippen LogP contribution in [0.3, 0.4) is 0 Å². The van der Waals surface area contributed by atoms with E-state index in [9.17, 15) is 18.4 Å². The van der Waals surface area contributed by atoms with Crippen molar-refractivity contribution >= 4 is 11.9 Å². The van der Waals surface area contributed by atoms with Gasteiger partial charge in [0, 0.05) is 18.6 Å². The lowest BCUT2D eigenvalue weighted by Gasteiger charge is -2.42. The molecule has 7 heteroatoms. The SMILES string of the molecule is Cc1cc(F)c(C(=O)NC2CC(N(CC(=O)O)CC3CC3)C2)cc1F. The smallest absolute Gasteiger partial charge is 0.317 e. The highest BCUT2D eigenvalue weighted by Gasteiger charge is 2.38. The number of hydrogen-bond donors (Lipinski definition) is 2. The topological polar surface area (TPSA) is 69.6 Å². The largest absolute Gasteiger partial charge is 0.480 e. The van der Waals surface area contributed by atoms with Gasteiger partial charge in [0.25, 0.3) is 5.91 Å². The van der Waals surface area contributed by atoms with E-state index in [1.54, 1.807) is 0 Å². The molecule has 0 bridgehead atoms. The monoisotopic (exact) mass is 352 g/mol. The van der Waals surface area contributed by atoms with Gasteiger partial charge >= 0.3 is 5.97 Å². The summed E-state index contributed by atoms with van der Waals surface area (Å²) in [6.07, 6.45) is 3.53. The Morgan fingerprint density at radius 2 is 1.92 bits per heavy atom. The van der Waals surface area contributed by atoms with Gasteiger partial charge in [-0.3, -0.25) is 14.5 Å². The quantitative estimate of drug-likeness (QED) is 0.790. The second kappa shape index (κ2) is 7.07. The predicted octanol–water partition coefficient (Wildman–Crippen LogP) is 2.33. The molecule has 0 heterocycles. The van der Waals surface area contributed by atoms with E-state index >= 15 is 0 Å². The molecule has 0 spiro atoms. The third-order valence-corrected chi connectivity index (χ3v) is 4.99. The van der Waals surface area contributed by atoms with Crippen molar-refractivity contribution in [3.05, 3.63) is 34.9 Å². The zero-order chi connectivity index (χ0) is 18.1. The Balaban J connectivity index is 1.54. The Kier molecular flexibility index (Phi) is 5.03. The summed E-state index contributed by atoms with van der Waals surface area (Å²) in [5.41, 5.74) is -0.144. The summed E-state index contributed by atoms with van der Waals surface area (Å²) in [6, 6.07) is 1.90. The van der Waals surface area contributed by atoms with Crippen LogP contribution in [0, 0.1) is 24.5 Å². The van der Waals surface area contributed by atoms with Gasteiger partial charge < -0.3 is 10.4 Å². The van der Waals surface area contributed by atoms with E-state index in [1.807, 2.05) is 4.90 Å². The summed E-state index contributed by atoms with van der Waals surface area (Å²) >= 11 is 0. The van der Waals surface area contributed by atoms with Crippen LogP contribution in [-0.2, 0) is 4.79 Å². The van der Waals surface area contributed by atoms with Crippen molar-refractivity contribution in [1.82, 2.24) is 10.2 Å². The summed E-state index contributed by atoms with van der Waals surface area (Å²) in [5.74, 6) is -2.27. The highest BCUT2D eigenvalue weighted by Crippen LogP contribution is 2.33. The number of amides is 1. The number of carbonyl (C=O) groups excluding carboxylic acids is 1. The number of halogens is 2. The normalized spacial score (nSPS) is 22.6. The van der Waals surface area contributed by atoms with Crippen LogP contribution in [0.25, 0.3) is 0 Å². The Morgan fingerprint density at radius 1 is 1.24 bits per heavy atom. The molecule has 2 fully saturated rings. The summed E-state index contributed by atoms with van der Waals surface area (Å²) in [4.78, 5) is 25.1.